The fourth-order valence-corrected chi connectivity index (χ4v) is 0.444. The van der Waals surface area contributed by atoms with Crippen LogP contribution in [0.4, 0.5) is 0 Å². The van der Waals surface area contributed by atoms with E-state index in [1.54, 1.807) is 6.92 Å². The minimum Gasteiger partial charge on any atom is -0.120 e. The maximum atomic E-state index is 5.10. The Morgan fingerprint density at radius 2 is 2.11 bits per heavy atom. The highest BCUT2D eigenvalue weighted by molar-refractivity contribution is 5.16. The van der Waals surface area contributed by atoms with Gasteiger partial charge in [-0.05, 0) is 6.92 Å². The molecule has 0 N–H and O–H groups in total. The molecule has 0 aliphatic carbocycles. The number of rotatable bonds is 1. The third-order valence-electron chi connectivity index (χ3n) is 0.842. The van der Waals surface area contributed by atoms with Crippen molar-refractivity contribution in [3.05, 3.63) is 0 Å². The minimum atomic E-state index is -0.0556. The second kappa shape index (κ2) is 4.83. The van der Waals surface area contributed by atoms with Crippen LogP contribution in [0.5, 0.6) is 0 Å². The summed E-state index contributed by atoms with van der Waals surface area (Å²) in [6, 6.07) is 0. The maximum absolute atomic E-state index is 5.10. The van der Waals surface area contributed by atoms with Gasteiger partial charge < -0.3 is 0 Å². The van der Waals surface area contributed by atoms with Crippen molar-refractivity contribution in [1.29, 1.82) is 0 Å². The van der Waals surface area contributed by atoms with Crippen LogP contribution >= 0.6 is 0 Å². The Morgan fingerprint density at radius 3 is 2.44 bits per heavy atom. The van der Waals surface area contributed by atoms with Gasteiger partial charge in [0.1, 0.15) is 0 Å². The zero-order chi connectivity index (χ0) is 7.11. The van der Waals surface area contributed by atoms with Gasteiger partial charge in [0.25, 0.3) is 0 Å². The van der Waals surface area contributed by atoms with E-state index in [9.17, 15) is 0 Å². The molecule has 0 rings (SSSR count). The standard InChI is InChI=1S/C9H8/c1-4-7-9(6-3)8-5-2/h1,3,9H,7H2,2H3. The van der Waals surface area contributed by atoms with Crippen LogP contribution in [-0.2, 0) is 0 Å². The molecule has 0 aromatic carbocycles. The van der Waals surface area contributed by atoms with Crippen molar-refractivity contribution in [2.24, 2.45) is 5.92 Å². The van der Waals surface area contributed by atoms with Gasteiger partial charge in [0, 0.05) is 6.42 Å². The molecule has 0 heteroatoms. The number of hydrogen-bond donors (Lipinski definition) is 0. The maximum Gasteiger partial charge on any atom is 0.0917 e. The number of hydrogen-bond acceptors (Lipinski definition) is 0. The van der Waals surface area contributed by atoms with Gasteiger partial charge in [0.05, 0.1) is 5.92 Å². The van der Waals surface area contributed by atoms with Crippen LogP contribution in [0.1, 0.15) is 13.3 Å². The molecule has 0 fully saturated rings. The molecule has 1 unspecified atom stereocenters. The fourth-order valence-electron chi connectivity index (χ4n) is 0.444. The van der Waals surface area contributed by atoms with Gasteiger partial charge in [0.15, 0.2) is 0 Å². The van der Waals surface area contributed by atoms with E-state index >= 15 is 0 Å². The normalized spacial score (nSPS) is 9.67. The first-order valence-corrected chi connectivity index (χ1v) is 2.67. The molecule has 0 radical (unpaired) electrons. The zero-order valence-electron chi connectivity index (χ0n) is 5.44. The molecule has 0 saturated carbocycles. The van der Waals surface area contributed by atoms with E-state index in [0.29, 0.717) is 6.42 Å². The van der Waals surface area contributed by atoms with Crippen molar-refractivity contribution < 1.29 is 0 Å². The Bertz CT molecular complexity index is 199. The highest BCUT2D eigenvalue weighted by atomic mass is 13.9. The van der Waals surface area contributed by atoms with Crippen molar-refractivity contribution in [2.75, 3.05) is 0 Å². The second-order valence-electron chi connectivity index (χ2n) is 1.52. The summed E-state index contributed by atoms with van der Waals surface area (Å²) in [5, 5.41) is 0. The summed E-state index contributed by atoms with van der Waals surface area (Å²) >= 11 is 0. The quantitative estimate of drug-likeness (QED) is 0.453. The monoisotopic (exact) mass is 116 g/mol. The van der Waals surface area contributed by atoms with Crippen molar-refractivity contribution in [3.8, 4) is 36.5 Å². The largest absolute Gasteiger partial charge is 0.120 e. The second-order valence-corrected chi connectivity index (χ2v) is 1.52. The molecule has 0 aliphatic heterocycles. The first-order valence-electron chi connectivity index (χ1n) is 2.67. The molecular formula is C9H8. The average Bonchev–Trinajstić information content (AvgIpc) is 1.88. The zero-order valence-corrected chi connectivity index (χ0v) is 5.44. The van der Waals surface area contributed by atoms with E-state index in [-0.39, 0.29) is 5.92 Å². The van der Waals surface area contributed by atoms with E-state index in [1.165, 1.54) is 0 Å². The lowest BCUT2D eigenvalue weighted by atomic mass is 10.1. The van der Waals surface area contributed by atoms with Crippen LogP contribution in [0.2, 0.25) is 0 Å². The summed E-state index contributed by atoms with van der Waals surface area (Å²) < 4.78 is 0. The van der Waals surface area contributed by atoms with Crippen LogP contribution in [-0.4, -0.2) is 0 Å². The molecule has 0 spiro atoms. The van der Waals surface area contributed by atoms with Crippen molar-refractivity contribution in [3.63, 3.8) is 0 Å². The Hall–Kier alpha value is -1.32. The molecular weight excluding hydrogens is 108 g/mol. The smallest absolute Gasteiger partial charge is 0.0917 e. The third-order valence-corrected chi connectivity index (χ3v) is 0.842. The van der Waals surface area contributed by atoms with Gasteiger partial charge in [-0.2, -0.15) is 0 Å². The summed E-state index contributed by atoms with van der Waals surface area (Å²) in [6.07, 6.45) is 10.7. The van der Waals surface area contributed by atoms with Gasteiger partial charge in [-0.1, -0.05) is 11.8 Å². The summed E-state index contributed by atoms with van der Waals surface area (Å²) in [5.41, 5.74) is 0. The Morgan fingerprint density at radius 1 is 1.44 bits per heavy atom. The third kappa shape index (κ3) is 3.28. The van der Waals surface area contributed by atoms with E-state index < -0.39 is 0 Å². The van der Waals surface area contributed by atoms with Crippen LogP contribution in [0.15, 0.2) is 0 Å². The first kappa shape index (κ1) is 7.68. The Balaban J connectivity index is 3.86. The lowest BCUT2D eigenvalue weighted by Crippen LogP contribution is -1.88. The van der Waals surface area contributed by atoms with Crippen molar-refractivity contribution >= 4 is 0 Å². The van der Waals surface area contributed by atoms with E-state index in [0.717, 1.165) is 0 Å². The van der Waals surface area contributed by atoms with Crippen LogP contribution < -0.4 is 0 Å². The summed E-state index contributed by atoms with van der Waals surface area (Å²) in [6.45, 7) is 1.75. The van der Waals surface area contributed by atoms with Gasteiger partial charge in [-0.3, -0.25) is 0 Å². The van der Waals surface area contributed by atoms with Gasteiger partial charge in [0.2, 0.25) is 0 Å². The topological polar surface area (TPSA) is 0 Å². The predicted octanol–water partition coefficient (Wildman–Crippen LogP) is 1.28. The van der Waals surface area contributed by atoms with Crippen molar-refractivity contribution in [1.82, 2.24) is 0 Å². The average molecular weight is 116 g/mol. The Labute approximate surface area is 56.7 Å². The van der Waals surface area contributed by atoms with Crippen LogP contribution in [0, 0.1) is 42.4 Å². The summed E-state index contributed by atoms with van der Waals surface area (Å²) in [4.78, 5) is 0. The van der Waals surface area contributed by atoms with E-state index in [4.69, 9.17) is 12.8 Å². The summed E-state index contributed by atoms with van der Waals surface area (Å²) in [7, 11) is 0. The molecule has 9 heavy (non-hydrogen) atoms. The minimum absolute atomic E-state index is 0.0556. The first-order chi connectivity index (χ1) is 4.35. The van der Waals surface area contributed by atoms with Gasteiger partial charge in [-0.25, -0.2) is 0 Å². The molecule has 0 aromatic heterocycles. The van der Waals surface area contributed by atoms with Gasteiger partial charge in [-0.15, -0.1) is 24.7 Å². The lowest BCUT2D eigenvalue weighted by Gasteiger charge is -1.91. The fraction of sp³-hybridized carbons (Fsp3) is 0.333. The highest BCUT2D eigenvalue weighted by Gasteiger charge is 1.93. The Kier molecular flexibility index (Phi) is 4.12. The van der Waals surface area contributed by atoms with Crippen molar-refractivity contribution in [2.45, 2.75) is 13.3 Å². The number of terminal acetylenes is 2. The molecule has 0 heterocycles. The van der Waals surface area contributed by atoms with Crippen LogP contribution in [0.25, 0.3) is 0 Å². The molecule has 0 amide bonds. The molecule has 0 bridgehead atoms. The van der Waals surface area contributed by atoms with Crippen LogP contribution in [0.3, 0.4) is 0 Å². The predicted molar refractivity (Wildman–Crippen MR) is 39.2 cm³/mol. The molecule has 0 aliphatic rings. The van der Waals surface area contributed by atoms with E-state index in [2.05, 4.69) is 23.7 Å². The SMILES string of the molecule is C#CCC(C#C)C#CC. The molecule has 0 saturated heterocycles. The molecule has 44 valence electrons. The molecule has 1 atom stereocenters. The summed E-state index contributed by atoms with van der Waals surface area (Å²) in [5.74, 6) is 10.4. The van der Waals surface area contributed by atoms with E-state index in [1.807, 2.05) is 0 Å². The molecule has 0 nitrogen and oxygen atoms in total. The molecule has 0 aromatic rings. The highest BCUT2D eigenvalue weighted by Crippen LogP contribution is 1.95. The van der Waals surface area contributed by atoms with Gasteiger partial charge >= 0.3 is 0 Å². The lowest BCUT2D eigenvalue weighted by molar-refractivity contribution is 0.920.